The fourth-order valence-corrected chi connectivity index (χ4v) is 2.45. The van der Waals surface area contributed by atoms with Gasteiger partial charge in [0.15, 0.2) is 0 Å². The van der Waals surface area contributed by atoms with Crippen molar-refractivity contribution in [2.75, 3.05) is 18.0 Å². The Morgan fingerprint density at radius 1 is 1.35 bits per heavy atom. The molecule has 0 fully saturated rings. The molecule has 7 heteroatoms. The summed E-state index contributed by atoms with van der Waals surface area (Å²) < 4.78 is 13.2. The summed E-state index contributed by atoms with van der Waals surface area (Å²) >= 11 is 0. The number of nitriles is 1. The molecule has 2 rings (SSSR count). The highest BCUT2D eigenvalue weighted by Crippen LogP contribution is 2.19. The van der Waals surface area contributed by atoms with Crippen LogP contribution in [0.4, 0.5) is 10.2 Å². The number of carbonyl (C=O) groups excluding carboxylic acids is 1. The van der Waals surface area contributed by atoms with Crippen LogP contribution in [0.25, 0.3) is 0 Å². The number of rotatable bonds is 6. The first kappa shape index (κ1) is 19.3. The molecule has 0 aliphatic rings. The molecule has 0 bridgehead atoms. The van der Waals surface area contributed by atoms with E-state index in [0.717, 1.165) is 0 Å². The molecular weight excluding hydrogens is 333 g/mol. The van der Waals surface area contributed by atoms with Gasteiger partial charge in [-0.2, -0.15) is 5.26 Å². The quantitative estimate of drug-likeness (QED) is 0.861. The van der Waals surface area contributed by atoms with Gasteiger partial charge in [0.05, 0.1) is 6.54 Å². The van der Waals surface area contributed by atoms with Gasteiger partial charge in [-0.05, 0) is 29.2 Å². The van der Waals surface area contributed by atoms with E-state index in [0.29, 0.717) is 17.9 Å². The molecule has 0 saturated carbocycles. The lowest BCUT2D eigenvalue weighted by atomic mass is 9.96. The molecule has 0 atom stereocenters. The summed E-state index contributed by atoms with van der Waals surface area (Å²) in [5.74, 6) is 0.0284. The molecule has 136 valence electrons. The van der Waals surface area contributed by atoms with Crippen LogP contribution in [0.3, 0.4) is 0 Å². The first-order valence-corrected chi connectivity index (χ1v) is 8.26. The zero-order valence-electron chi connectivity index (χ0n) is 15.2. The van der Waals surface area contributed by atoms with Crippen LogP contribution in [0.5, 0.6) is 0 Å². The number of anilines is 1. The summed E-state index contributed by atoms with van der Waals surface area (Å²) in [5, 5.41) is 11.8. The van der Waals surface area contributed by atoms with Gasteiger partial charge < -0.3 is 10.2 Å². The Hall–Kier alpha value is -3.01. The highest BCUT2D eigenvalue weighted by molar-refractivity contribution is 5.81. The molecule has 1 aromatic heterocycles. The molecule has 0 radical (unpaired) electrons. The highest BCUT2D eigenvalue weighted by atomic mass is 19.1. The lowest BCUT2D eigenvalue weighted by Gasteiger charge is -2.30. The van der Waals surface area contributed by atoms with Gasteiger partial charge in [0.1, 0.15) is 17.7 Å². The summed E-state index contributed by atoms with van der Waals surface area (Å²) in [6.07, 6.45) is 1.50. The van der Waals surface area contributed by atoms with Crippen molar-refractivity contribution in [1.29, 1.82) is 5.26 Å². The molecule has 1 amide bonds. The second-order valence-electron chi connectivity index (χ2n) is 7.17. The molecule has 0 unspecified atom stereocenters. The van der Waals surface area contributed by atoms with Gasteiger partial charge in [-0.1, -0.05) is 32.9 Å². The molecule has 2 aromatic rings. The minimum Gasteiger partial charge on any atom is -0.350 e. The van der Waals surface area contributed by atoms with Crippen LogP contribution >= 0.6 is 0 Å². The molecule has 1 heterocycles. The molecule has 0 aliphatic carbocycles. The smallest absolute Gasteiger partial charge is 0.239 e. The number of amides is 1. The third-order valence-corrected chi connectivity index (χ3v) is 3.44. The van der Waals surface area contributed by atoms with Gasteiger partial charge >= 0.3 is 0 Å². The average molecular weight is 355 g/mol. The molecule has 26 heavy (non-hydrogen) atoms. The molecule has 6 nitrogen and oxygen atoms in total. The van der Waals surface area contributed by atoms with E-state index in [4.69, 9.17) is 5.26 Å². The Labute approximate surface area is 152 Å². The molecular formula is C19H22FN5O. The van der Waals surface area contributed by atoms with Crippen LogP contribution < -0.4 is 10.2 Å². The molecule has 0 aliphatic heterocycles. The van der Waals surface area contributed by atoms with Crippen molar-refractivity contribution in [2.45, 2.75) is 27.3 Å². The van der Waals surface area contributed by atoms with Crippen molar-refractivity contribution >= 4 is 11.7 Å². The summed E-state index contributed by atoms with van der Waals surface area (Å²) in [5.41, 5.74) is 0.607. The van der Waals surface area contributed by atoms with Crippen LogP contribution in [-0.4, -0.2) is 29.0 Å². The van der Waals surface area contributed by atoms with Crippen LogP contribution in [0.1, 0.15) is 32.2 Å². The van der Waals surface area contributed by atoms with Gasteiger partial charge in [0, 0.05) is 19.3 Å². The minimum atomic E-state index is -0.337. The maximum atomic E-state index is 13.2. The third kappa shape index (κ3) is 6.13. The van der Waals surface area contributed by atoms with E-state index >= 15 is 0 Å². The number of halogens is 1. The van der Waals surface area contributed by atoms with Crippen LogP contribution in [0.2, 0.25) is 0 Å². The lowest BCUT2D eigenvalue weighted by molar-refractivity contribution is -0.120. The van der Waals surface area contributed by atoms with Crippen LogP contribution in [0, 0.1) is 22.6 Å². The van der Waals surface area contributed by atoms with E-state index in [1.165, 1.54) is 18.3 Å². The Balaban J connectivity index is 2.08. The summed E-state index contributed by atoms with van der Waals surface area (Å²) in [6, 6.07) is 9.68. The van der Waals surface area contributed by atoms with Gasteiger partial charge in [-0.3, -0.25) is 4.79 Å². The van der Waals surface area contributed by atoms with E-state index in [1.54, 1.807) is 18.2 Å². The Morgan fingerprint density at radius 3 is 2.77 bits per heavy atom. The maximum absolute atomic E-state index is 13.2. The number of aromatic nitrogens is 2. The average Bonchev–Trinajstić information content (AvgIpc) is 2.58. The number of benzene rings is 1. The highest BCUT2D eigenvalue weighted by Gasteiger charge is 2.20. The summed E-state index contributed by atoms with van der Waals surface area (Å²) in [7, 11) is 0. The number of hydrogen-bond donors (Lipinski definition) is 1. The van der Waals surface area contributed by atoms with Crippen molar-refractivity contribution in [3.05, 3.63) is 53.7 Å². The lowest BCUT2D eigenvalue weighted by Crippen LogP contribution is -2.41. The second-order valence-corrected chi connectivity index (χ2v) is 7.17. The van der Waals surface area contributed by atoms with E-state index in [9.17, 15) is 9.18 Å². The third-order valence-electron chi connectivity index (χ3n) is 3.44. The van der Waals surface area contributed by atoms with Crippen molar-refractivity contribution in [3.63, 3.8) is 0 Å². The van der Waals surface area contributed by atoms with Crippen molar-refractivity contribution in [1.82, 2.24) is 15.3 Å². The zero-order valence-corrected chi connectivity index (χ0v) is 15.2. The molecule has 0 spiro atoms. The van der Waals surface area contributed by atoms with Crippen LogP contribution in [0.15, 0.2) is 36.5 Å². The summed E-state index contributed by atoms with van der Waals surface area (Å²) in [6.45, 7) is 7.05. The van der Waals surface area contributed by atoms with E-state index < -0.39 is 0 Å². The number of nitrogens with zero attached hydrogens (tertiary/aromatic N) is 4. The number of nitrogens with one attached hydrogen (secondary N) is 1. The minimum absolute atomic E-state index is 0.0570. The normalized spacial score (nSPS) is 10.9. The first-order chi connectivity index (χ1) is 12.3. The van der Waals surface area contributed by atoms with Crippen molar-refractivity contribution in [3.8, 4) is 6.07 Å². The van der Waals surface area contributed by atoms with Gasteiger partial charge in [-0.15, -0.1) is 0 Å². The van der Waals surface area contributed by atoms with Gasteiger partial charge in [-0.25, -0.2) is 14.4 Å². The van der Waals surface area contributed by atoms with E-state index in [1.807, 2.05) is 11.0 Å². The second kappa shape index (κ2) is 8.39. The van der Waals surface area contributed by atoms with Gasteiger partial charge in [0.25, 0.3) is 0 Å². The molecule has 0 saturated heterocycles. The van der Waals surface area contributed by atoms with Crippen molar-refractivity contribution in [2.24, 2.45) is 5.41 Å². The predicted molar refractivity (Wildman–Crippen MR) is 96.7 cm³/mol. The Morgan fingerprint density at radius 2 is 2.12 bits per heavy atom. The number of hydrogen-bond acceptors (Lipinski definition) is 5. The largest absolute Gasteiger partial charge is 0.350 e. The fraction of sp³-hybridized carbons (Fsp3) is 0.368. The number of carbonyl (C=O) groups is 1. The van der Waals surface area contributed by atoms with Gasteiger partial charge in [0.2, 0.25) is 11.7 Å². The standard InChI is InChI=1S/C19H22FN5O/c1-19(2,3)13-25(17-7-8-22-16(10-21)24-17)12-18(26)23-11-14-5-4-6-15(20)9-14/h4-9H,11-13H2,1-3H3,(H,23,26). The zero-order chi connectivity index (χ0) is 19.2. The monoisotopic (exact) mass is 355 g/mol. The summed E-state index contributed by atoms with van der Waals surface area (Å²) in [4.78, 5) is 22.2. The Kier molecular flexibility index (Phi) is 6.23. The van der Waals surface area contributed by atoms with E-state index in [2.05, 4.69) is 36.1 Å². The molecule has 1 N–H and O–H groups in total. The van der Waals surface area contributed by atoms with E-state index in [-0.39, 0.29) is 36.1 Å². The topological polar surface area (TPSA) is 81.9 Å². The Bertz CT molecular complexity index is 810. The fourth-order valence-electron chi connectivity index (χ4n) is 2.45. The van der Waals surface area contributed by atoms with Crippen LogP contribution in [-0.2, 0) is 11.3 Å². The first-order valence-electron chi connectivity index (χ1n) is 8.26. The predicted octanol–water partition coefficient (Wildman–Crippen LogP) is 2.66. The maximum Gasteiger partial charge on any atom is 0.239 e. The molecule has 1 aromatic carbocycles. The SMILES string of the molecule is CC(C)(C)CN(CC(=O)NCc1cccc(F)c1)c1ccnc(C#N)n1. The van der Waals surface area contributed by atoms with Crippen molar-refractivity contribution < 1.29 is 9.18 Å².